The minimum absolute atomic E-state index is 0.172. The Morgan fingerprint density at radius 2 is 1.86 bits per heavy atom. The van der Waals surface area contributed by atoms with Crippen LogP contribution in [-0.2, 0) is 18.9 Å². The highest BCUT2D eigenvalue weighted by Gasteiger charge is 2.26. The SMILES string of the molecule is CCCC[C@H](Sc1nc(C2CCCCC2)nc2c1c(=O)n(C)c(=O)n2C)C(=O)O. The Morgan fingerprint density at radius 3 is 2.48 bits per heavy atom. The van der Waals surface area contributed by atoms with Crippen LogP contribution in [0.5, 0.6) is 0 Å². The van der Waals surface area contributed by atoms with Crippen molar-refractivity contribution in [3.63, 3.8) is 0 Å². The van der Waals surface area contributed by atoms with Crippen LogP contribution in [0, 0.1) is 0 Å². The normalized spacial score (nSPS) is 16.2. The van der Waals surface area contributed by atoms with E-state index in [1.807, 2.05) is 6.92 Å². The van der Waals surface area contributed by atoms with Gasteiger partial charge in [0.25, 0.3) is 5.56 Å². The van der Waals surface area contributed by atoms with E-state index in [1.165, 1.54) is 18.0 Å². The zero-order chi connectivity index (χ0) is 21.1. The summed E-state index contributed by atoms with van der Waals surface area (Å²) >= 11 is 1.10. The number of carboxylic acid groups (broad SMARTS) is 1. The number of carbonyl (C=O) groups is 1. The highest BCUT2D eigenvalue weighted by molar-refractivity contribution is 8.00. The molecule has 3 rings (SSSR count). The Bertz CT molecular complexity index is 1020. The second-order valence-corrected chi connectivity index (χ2v) is 8.90. The number of rotatable bonds is 7. The van der Waals surface area contributed by atoms with Crippen LogP contribution < -0.4 is 11.2 Å². The second-order valence-electron chi connectivity index (χ2n) is 7.71. The fourth-order valence-corrected chi connectivity index (χ4v) is 4.93. The number of hydrogen-bond donors (Lipinski definition) is 1. The molecule has 1 N–H and O–H groups in total. The molecule has 1 fully saturated rings. The summed E-state index contributed by atoms with van der Waals surface area (Å²) in [5.74, 6) is -0.135. The van der Waals surface area contributed by atoms with E-state index in [2.05, 4.69) is 9.97 Å². The lowest BCUT2D eigenvalue weighted by molar-refractivity contribution is -0.136. The number of fused-ring (bicyclic) bond motifs is 1. The summed E-state index contributed by atoms with van der Waals surface area (Å²) < 4.78 is 2.38. The summed E-state index contributed by atoms with van der Waals surface area (Å²) in [5, 5.41) is 9.57. The van der Waals surface area contributed by atoms with E-state index < -0.39 is 22.5 Å². The van der Waals surface area contributed by atoms with Gasteiger partial charge in [0.05, 0.1) is 0 Å². The topological polar surface area (TPSA) is 107 Å². The van der Waals surface area contributed by atoms with Crippen LogP contribution in [0.1, 0.15) is 70.0 Å². The molecule has 8 nitrogen and oxygen atoms in total. The van der Waals surface area contributed by atoms with Gasteiger partial charge in [-0.1, -0.05) is 50.8 Å². The molecular formula is C20H28N4O4S. The van der Waals surface area contributed by atoms with E-state index in [9.17, 15) is 19.5 Å². The van der Waals surface area contributed by atoms with E-state index in [1.54, 1.807) is 7.05 Å². The van der Waals surface area contributed by atoms with E-state index in [-0.39, 0.29) is 17.0 Å². The molecule has 1 aliphatic carbocycles. The van der Waals surface area contributed by atoms with Crippen molar-refractivity contribution in [2.24, 2.45) is 14.1 Å². The van der Waals surface area contributed by atoms with Crippen molar-refractivity contribution < 1.29 is 9.90 Å². The maximum atomic E-state index is 12.9. The fourth-order valence-electron chi connectivity index (χ4n) is 3.83. The van der Waals surface area contributed by atoms with Crippen molar-refractivity contribution in [2.45, 2.75) is 74.5 Å². The Balaban J connectivity index is 2.20. The van der Waals surface area contributed by atoms with Gasteiger partial charge in [-0.25, -0.2) is 14.8 Å². The summed E-state index contributed by atoms with van der Waals surface area (Å²) in [4.78, 5) is 46.4. The molecule has 1 saturated carbocycles. The molecule has 29 heavy (non-hydrogen) atoms. The van der Waals surface area contributed by atoms with E-state index in [0.717, 1.165) is 54.9 Å². The van der Waals surface area contributed by atoms with Crippen LogP contribution in [0.3, 0.4) is 0 Å². The predicted octanol–water partition coefficient (Wildman–Crippen LogP) is 2.81. The first-order valence-electron chi connectivity index (χ1n) is 10.2. The highest BCUT2D eigenvalue weighted by atomic mass is 32.2. The number of aromatic nitrogens is 4. The number of thioether (sulfide) groups is 1. The molecule has 9 heteroatoms. The third-order valence-corrected chi connectivity index (χ3v) is 6.84. The minimum Gasteiger partial charge on any atom is -0.480 e. The monoisotopic (exact) mass is 420 g/mol. The first-order valence-corrected chi connectivity index (χ1v) is 11.1. The van der Waals surface area contributed by atoms with Gasteiger partial charge in [0, 0.05) is 20.0 Å². The zero-order valence-electron chi connectivity index (χ0n) is 17.2. The highest BCUT2D eigenvalue weighted by Crippen LogP contribution is 2.34. The van der Waals surface area contributed by atoms with Crippen LogP contribution in [0.2, 0.25) is 0 Å². The first-order chi connectivity index (χ1) is 13.8. The number of aliphatic carboxylic acids is 1. The standard InChI is InChI=1S/C20H28N4O4S/c1-4-5-11-13(19(26)27)29-17-14-16(23(2)20(28)24(3)18(14)25)21-15(22-17)12-9-7-6-8-10-12/h12-13H,4-11H2,1-3H3,(H,26,27)/t13-/m0/s1. The number of hydrogen-bond acceptors (Lipinski definition) is 6. The lowest BCUT2D eigenvalue weighted by Crippen LogP contribution is -2.38. The number of nitrogens with zero attached hydrogens (tertiary/aromatic N) is 4. The minimum atomic E-state index is -0.920. The average Bonchev–Trinajstić information content (AvgIpc) is 2.73. The maximum absolute atomic E-state index is 12.9. The van der Waals surface area contributed by atoms with Gasteiger partial charge >= 0.3 is 11.7 Å². The van der Waals surface area contributed by atoms with Gasteiger partial charge in [0.15, 0.2) is 5.65 Å². The van der Waals surface area contributed by atoms with Gasteiger partial charge < -0.3 is 5.11 Å². The van der Waals surface area contributed by atoms with Crippen molar-refractivity contribution in [3.05, 3.63) is 26.7 Å². The lowest BCUT2D eigenvalue weighted by Gasteiger charge is -2.22. The molecule has 0 bridgehead atoms. The molecule has 0 aromatic carbocycles. The summed E-state index contributed by atoms with van der Waals surface area (Å²) in [6.07, 6.45) is 7.46. The van der Waals surface area contributed by atoms with Gasteiger partial charge in [-0.05, 0) is 19.3 Å². The number of unbranched alkanes of at least 4 members (excludes halogenated alkanes) is 1. The predicted molar refractivity (Wildman–Crippen MR) is 113 cm³/mol. The zero-order valence-corrected chi connectivity index (χ0v) is 18.0. The maximum Gasteiger partial charge on any atom is 0.332 e. The number of aryl methyl sites for hydroxylation is 1. The van der Waals surface area contributed by atoms with Gasteiger partial charge in [0.2, 0.25) is 0 Å². The van der Waals surface area contributed by atoms with Crippen LogP contribution in [0.25, 0.3) is 11.0 Å². The van der Waals surface area contributed by atoms with E-state index >= 15 is 0 Å². The molecule has 0 radical (unpaired) electrons. The van der Waals surface area contributed by atoms with Gasteiger partial charge in [-0.2, -0.15) is 0 Å². The van der Waals surface area contributed by atoms with Gasteiger partial charge in [0.1, 0.15) is 21.5 Å². The Kier molecular flexibility index (Phi) is 6.77. The Morgan fingerprint density at radius 1 is 1.17 bits per heavy atom. The Labute approximate surface area is 173 Å². The van der Waals surface area contributed by atoms with Crippen molar-refractivity contribution in [1.82, 2.24) is 19.1 Å². The Hall–Kier alpha value is -2.16. The molecule has 1 atom stereocenters. The fraction of sp³-hybridized carbons (Fsp3) is 0.650. The van der Waals surface area contributed by atoms with Gasteiger partial charge in [-0.15, -0.1) is 0 Å². The molecule has 0 unspecified atom stereocenters. The number of carboxylic acids is 1. The molecule has 0 aliphatic heterocycles. The van der Waals surface area contributed by atoms with Crippen molar-refractivity contribution >= 4 is 28.8 Å². The quantitative estimate of drug-likeness (QED) is 0.542. The lowest BCUT2D eigenvalue weighted by atomic mass is 9.89. The molecule has 2 heterocycles. The molecule has 0 amide bonds. The summed E-state index contributed by atoms with van der Waals surface area (Å²) in [5.41, 5.74) is -0.649. The molecule has 2 aromatic rings. The second kappa shape index (κ2) is 9.11. The van der Waals surface area contributed by atoms with E-state index in [4.69, 9.17) is 0 Å². The third-order valence-electron chi connectivity index (χ3n) is 5.60. The van der Waals surface area contributed by atoms with Gasteiger partial charge in [-0.3, -0.25) is 18.7 Å². The van der Waals surface area contributed by atoms with E-state index in [0.29, 0.717) is 17.3 Å². The largest absolute Gasteiger partial charge is 0.480 e. The van der Waals surface area contributed by atoms with Crippen LogP contribution in [0.15, 0.2) is 14.6 Å². The van der Waals surface area contributed by atoms with Crippen molar-refractivity contribution in [1.29, 1.82) is 0 Å². The van der Waals surface area contributed by atoms with Crippen molar-refractivity contribution in [2.75, 3.05) is 0 Å². The molecule has 0 spiro atoms. The smallest absolute Gasteiger partial charge is 0.332 e. The average molecular weight is 421 g/mol. The molecule has 158 valence electrons. The van der Waals surface area contributed by atoms with Crippen LogP contribution in [0.4, 0.5) is 0 Å². The van der Waals surface area contributed by atoms with Crippen molar-refractivity contribution in [3.8, 4) is 0 Å². The summed E-state index contributed by atoms with van der Waals surface area (Å²) in [6.45, 7) is 2.01. The molecule has 1 aliphatic rings. The summed E-state index contributed by atoms with van der Waals surface area (Å²) in [6, 6.07) is 0. The molecule has 2 aromatic heterocycles. The first kappa shape index (κ1) is 21.5. The molecular weight excluding hydrogens is 392 g/mol. The summed E-state index contributed by atoms with van der Waals surface area (Å²) in [7, 11) is 3.00. The van der Waals surface area contributed by atoms with Crippen LogP contribution >= 0.6 is 11.8 Å². The molecule has 0 saturated heterocycles. The van der Waals surface area contributed by atoms with Crippen LogP contribution in [-0.4, -0.2) is 35.4 Å². The third kappa shape index (κ3) is 4.39.